The van der Waals surface area contributed by atoms with Crippen molar-refractivity contribution in [2.24, 2.45) is 5.92 Å². The van der Waals surface area contributed by atoms with Crippen molar-refractivity contribution in [2.75, 3.05) is 12.3 Å². The largest absolute Gasteiger partial charge is 0.466 e. The monoisotopic (exact) mass is 293 g/mol. The van der Waals surface area contributed by atoms with Gasteiger partial charge in [0.2, 0.25) is 0 Å². The zero-order valence-corrected chi connectivity index (χ0v) is 12.6. The SMILES string of the molecule is CCOC(=O)Cc1c(N)nc(C2CCCC(C)C2)[nH]c1=O. The summed E-state index contributed by atoms with van der Waals surface area (Å²) in [6.45, 7) is 4.21. The molecule has 0 spiro atoms. The van der Waals surface area contributed by atoms with Crippen LogP contribution in [0.25, 0.3) is 0 Å². The van der Waals surface area contributed by atoms with E-state index in [2.05, 4.69) is 16.9 Å². The lowest BCUT2D eigenvalue weighted by atomic mass is 9.82. The van der Waals surface area contributed by atoms with Crippen molar-refractivity contribution in [2.45, 2.75) is 51.9 Å². The van der Waals surface area contributed by atoms with Gasteiger partial charge in [-0.2, -0.15) is 0 Å². The van der Waals surface area contributed by atoms with E-state index in [1.807, 2.05) is 0 Å². The molecule has 116 valence electrons. The Hall–Kier alpha value is -1.85. The van der Waals surface area contributed by atoms with E-state index in [0.717, 1.165) is 19.3 Å². The van der Waals surface area contributed by atoms with Crippen molar-refractivity contribution in [3.8, 4) is 0 Å². The molecule has 2 rings (SSSR count). The third-order valence-corrected chi connectivity index (χ3v) is 4.02. The number of ether oxygens (including phenoxy) is 1. The molecular formula is C15H23N3O3. The standard InChI is InChI=1S/C15H23N3O3/c1-3-21-12(19)8-11-13(16)17-14(18-15(11)20)10-6-4-5-9(2)7-10/h9-10H,3-8H2,1-2H3,(H3,16,17,18,20). The van der Waals surface area contributed by atoms with Crippen molar-refractivity contribution in [3.63, 3.8) is 0 Å². The van der Waals surface area contributed by atoms with Gasteiger partial charge in [0, 0.05) is 5.92 Å². The quantitative estimate of drug-likeness (QED) is 0.824. The minimum absolute atomic E-state index is 0.136. The van der Waals surface area contributed by atoms with Gasteiger partial charge in [-0.05, 0) is 25.7 Å². The van der Waals surface area contributed by atoms with Gasteiger partial charge in [0.25, 0.3) is 5.56 Å². The first kappa shape index (κ1) is 15.5. The Bertz CT molecular complexity index is 568. The minimum Gasteiger partial charge on any atom is -0.466 e. The van der Waals surface area contributed by atoms with Crippen LogP contribution in [0.4, 0.5) is 5.82 Å². The first-order chi connectivity index (χ1) is 10.0. The lowest BCUT2D eigenvalue weighted by Gasteiger charge is -2.26. The Morgan fingerprint density at radius 3 is 2.86 bits per heavy atom. The van der Waals surface area contributed by atoms with Crippen LogP contribution in [0.5, 0.6) is 0 Å². The van der Waals surface area contributed by atoms with Gasteiger partial charge >= 0.3 is 5.97 Å². The van der Waals surface area contributed by atoms with Crippen molar-refractivity contribution in [3.05, 3.63) is 21.7 Å². The molecule has 6 heteroatoms. The second-order valence-electron chi connectivity index (χ2n) is 5.77. The van der Waals surface area contributed by atoms with E-state index >= 15 is 0 Å². The molecule has 0 saturated heterocycles. The van der Waals surface area contributed by atoms with Crippen molar-refractivity contribution in [1.82, 2.24) is 9.97 Å². The average molecular weight is 293 g/mol. The van der Waals surface area contributed by atoms with Gasteiger partial charge in [-0.1, -0.05) is 19.8 Å². The van der Waals surface area contributed by atoms with Gasteiger partial charge < -0.3 is 15.5 Å². The van der Waals surface area contributed by atoms with Crippen molar-refractivity contribution >= 4 is 11.8 Å². The number of H-pyrrole nitrogens is 1. The fourth-order valence-corrected chi connectivity index (χ4v) is 2.94. The lowest BCUT2D eigenvalue weighted by Crippen LogP contribution is -2.25. The number of hydrogen-bond acceptors (Lipinski definition) is 5. The average Bonchev–Trinajstić information content (AvgIpc) is 2.43. The number of aromatic amines is 1. The first-order valence-electron chi connectivity index (χ1n) is 7.55. The third kappa shape index (κ3) is 3.83. The molecule has 1 aliphatic rings. The molecule has 1 fully saturated rings. The molecule has 6 nitrogen and oxygen atoms in total. The molecule has 1 saturated carbocycles. The summed E-state index contributed by atoms with van der Waals surface area (Å²) in [5, 5.41) is 0. The summed E-state index contributed by atoms with van der Waals surface area (Å²) < 4.78 is 4.84. The Morgan fingerprint density at radius 2 is 2.24 bits per heavy atom. The van der Waals surface area contributed by atoms with Crippen LogP contribution >= 0.6 is 0 Å². The Labute approximate surface area is 124 Å². The van der Waals surface area contributed by atoms with E-state index < -0.39 is 5.97 Å². The molecule has 1 heterocycles. The number of nitrogens with two attached hydrogens (primary N) is 1. The van der Waals surface area contributed by atoms with Crippen molar-refractivity contribution < 1.29 is 9.53 Å². The number of aromatic nitrogens is 2. The highest BCUT2D eigenvalue weighted by molar-refractivity contribution is 5.74. The van der Waals surface area contributed by atoms with Crippen LogP contribution < -0.4 is 11.3 Å². The molecule has 1 aromatic heterocycles. The van der Waals surface area contributed by atoms with Gasteiger partial charge in [0.15, 0.2) is 0 Å². The van der Waals surface area contributed by atoms with Crippen LogP contribution in [0.1, 0.15) is 56.8 Å². The Balaban J connectivity index is 2.20. The Kier molecular flexibility index (Phi) is 4.98. The number of nitrogens with zero attached hydrogens (tertiary/aromatic N) is 1. The maximum atomic E-state index is 12.1. The summed E-state index contributed by atoms with van der Waals surface area (Å²) in [5.41, 5.74) is 5.73. The van der Waals surface area contributed by atoms with E-state index in [1.54, 1.807) is 6.92 Å². The van der Waals surface area contributed by atoms with Gasteiger partial charge in [-0.25, -0.2) is 4.98 Å². The molecule has 21 heavy (non-hydrogen) atoms. The lowest BCUT2D eigenvalue weighted by molar-refractivity contribution is -0.142. The number of rotatable bonds is 4. The van der Waals surface area contributed by atoms with Crippen LogP contribution in [-0.4, -0.2) is 22.5 Å². The fraction of sp³-hybridized carbons (Fsp3) is 0.667. The molecule has 0 aliphatic heterocycles. The highest BCUT2D eigenvalue weighted by Crippen LogP contribution is 2.34. The van der Waals surface area contributed by atoms with Gasteiger partial charge in [0.05, 0.1) is 18.6 Å². The highest BCUT2D eigenvalue weighted by Gasteiger charge is 2.24. The van der Waals surface area contributed by atoms with Gasteiger partial charge in [-0.15, -0.1) is 0 Å². The van der Waals surface area contributed by atoms with Crippen molar-refractivity contribution in [1.29, 1.82) is 0 Å². The summed E-state index contributed by atoms with van der Waals surface area (Å²) in [6, 6.07) is 0. The second-order valence-corrected chi connectivity index (χ2v) is 5.77. The van der Waals surface area contributed by atoms with E-state index in [1.165, 1.54) is 6.42 Å². The number of hydrogen-bond donors (Lipinski definition) is 2. The molecule has 0 radical (unpaired) electrons. The third-order valence-electron chi connectivity index (χ3n) is 4.02. The van der Waals surface area contributed by atoms with Crippen LogP contribution in [0.3, 0.4) is 0 Å². The number of carbonyl (C=O) groups excluding carboxylic acids is 1. The zero-order valence-electron chi connectivity index (χ0n) is 12.6. The molecule has 0 amide bonds. The number of carbonyl (C=O) groups is 1. The van der Waals surface area contributed by atoms with E-state index in [4.69, 9.17) is 10.5 Å². The minimum atomic E-state index is -0.462. The maximum absolute atomic E-state index is 12.1. The number of anilines is 1. The van der Waals surface area contributed by atoms with Crippen LogP contribution in [0.2, 0.25) is 0 Å². The smallest absolute Gasteiger partial charge is 0.310 e. The fourth-order valence-electron chi connectivity index (χ4n) is 2.94. The molecule has 1 aromatic rings. The summed E-state index contributed by atoms with van der Waals surface area (Å²) in [6.07, 6.45) is 4.25. The molecular weight excluding hydrogens is 270 g/mol. The summed E-state index contributed by atoms with van der Waals surface area (Å²) in [4.78, 5) is 30.7. The molecule has 2 unspecified atom stereocenters. The number of nitrogens with one attached hydrogen (secondary N) is 1. The number of esters is 1. The first-order valence-corrected chi connectivity index (χ1v) is 7.55. The second kappa shape index (κ2) is 6.74. The van der Waals surface area contributed by atoms with E-state index in [-0.39, 0.29) is 35.9 Å². The number of nitrogen functional groups attached to an aromatic ring is 1. The molecule has 0 bridgehead atoms. The van der Waals surface area contributed by atoms with E-state index in [9.17, 15) is 9.59 Å². The molecule has 0 aromatic carbocycles. The van der Waals surface area contributed by atoms with Crippen LogP contribution in [0, 0.1) is 5.92 Å². The predicted molar refractivity (Wildman–Crippen MR) is 80.0 cm³/mol. The molecule has 3 N–H and O–H groups in total. The maximum Gasteiger partial charge on any atom is 0.310 e. The summed E-state index contributed by atoms with van der Waals surface area (Å²) >= 11 is 0. The predicted octanol–water partition coefficient (Wildman–Crippen LogP) is 1.75. The van der Waals surface area contributed by atoms with Crippen LogP contribution in [-0.2, 0) is 16.0 Å². The zero-order chi connectivity index (χ0) is 15.4. The summed E-state index contributed by atoms with van der Waals surface area (Å²) in [5.74, 6) is 1.21. The molecule has 1 aliphatic carbocycles. The Morgan fingerprint density at radius 1 is 1.48 bits per heavy atom. The topological polar surface area (TPSA) is 98.1 Å². The van der Waals surface area contributed by atoms with E-state index in [0.29, 0.717) is 11.7 Å². The van der Waals surface area contributed by atoms with Crippen LogP contribution in [0.15, 0.2) is 4.79 Å². The summed E-state index contributed by atoms with van der Waals surface area (Å²) in [7, 11) is 0. The van der Waals surface area contributed by atoms with Gasteiger partial charge in [-0.3, -0.25) is 9.59 Å². The normalized spacial score (nSPS) is 22.0. The van der Waals surface area contributed by atoms with Gasteiger partial charge in [0.1, 0.15) is 11.6 Å². The highest BCUT2D eigenvalue weighted by atomic mass is 16.5. The molecule has 2 atom stereocenters.